The molecule has 3 aromatic rings. The highest BCUT2D eigenvalue weighted by molar-refractivity contribution is 5.95. The fourth-order valence-corrected chi connectivity index (χ4v) is 4.23. The number of aliphatic hydroxyl groups excluding tert-OH is 1. The smallest absolute Gasteiger partial charge is 0.335 e. The van der Waals surface area contributed by atoms with Gasteiger partial charge in [-0.15, -0.1) is 0 Å². The van der Waals surface area contributed by atoms with Crippen molar-refractivity contribution < 1.29 is 24.5 Å². The maximum Gasteiger partial charge on any atom is 0.335 e. The molecule has 36 heavy (non-hydrogen) atoms. The number of benzene rings is 3. The van der Waals surface area contributed by atoms with E-state index >= 15 is 0 Å². The molecule has 190 valence electrons. The second-order valence-corrected chi connectivity index (χ2v) is 9.64. The molecule has 1 amide bonds. The van der Waals surface area contributed by atoms with E-state index in [1.54, 1.807) is 24.3 Å². The summed E-state index contributed by atoms with van der Waals surface area (Å²) in [5.74, 6) is -0.249. The first-order valence-corrected chi connectivity index (χ1v) is 12.3. The molecular formula is C30H35NO5. The van der Waals surface area contributed by atoms with E-state index < -0.39 is 5.97 Å². The first kappa shape index (κ1) is 27.0. The molecule has 6 heteroatoms. The third-order valence-corrected chi connectivity index (χ3v) is 6.12. The van der Waals surface area contributed by atoms with Crippen LogP contribution in [0.5, 0.6) is 5.75 Å². The number of aromatic carboxylic acids is 1. The largest absolute Gasteiger partial charge is 0.491 e. The van der Waals surface area contributed by atoms with Crippen LogP contribution in [-0.4, -0.2) is 41.8 Å². The number of ether oxygens (including phenoxy) is 1. The number of hydrogen-bond donors (Lipinski definition) is 2. The number of aliphatic hydroxyl groups is 1. The van der Waals surface area contributed by atoms with E-state index in [2.05, 4.69) is 26.8 Å². The third kappa shape index (κ3) is 5.94. The van der Waals surface area contributed by atoms with E-state index in [0.717, 1.165) is 33.5 Å². The van der Waals surface area contributed by atoms with Crippen molar-refractivity contribution in [3.8, 4) is 28.0 Å². The Bertz CT molecular complexity index is 1230. The maximum absolute atomic E-state index is 12.7. The predicted molar refractivity (Wildman–Crippen MR) is 144 cm³/mol. The summed E-state index contributed by atoms with van der Waals surface area (Å²) in [4.78, 5) is 25.7. The fraction of sp³-hybridized carbons (Fsp3) is 0.333. The zero-order chi connectivity index (χ0) is 26.5. The number of nitrogens with zero attached hydrogens (tertiary/aromatic N) is 1. The van der Waals surface area contributed by atoms with E-state index in [1.165, 1.54) is 0 Å². The van der Waals surface area contributed by atoms with Gasteiger partial charge in [-0.1, -0.05) is 52.0 Å². The minimum Gasteiger partial charge on any atom is -0.491 e. The maximum atomic E-state index is 12.7. The number of hydrogen-bond acceptors (Lipinski definition) is 4. The van der Waals surface area contributed by atoms with Crippen molar-refractivity contribution in [2.45, 2.75) is 46.5 Å². The van der Waals surface area contributed by atoms with Gasteiger partial charge in [0.2, 0.25) is 5.91 Å². The average molecular weight is 490 g/mol. The number of rotatable bonds is 9. The molecule has 3 rings (SSSR count). The summed E-state index contributed by atoms with van der Waals surface area (Å²) in [7, 11) is 0. The highest BCUT2D eigenvalue weighted by Gasteiger charge is 2.24. The predicted octanol–water partition coefficient (Wildman–Crippen LogP) is 6.15. The lowest BCUT2D eigenvalue weighted by Gasteiger charge is -2.30. The van der Waals surface area contributed by atoms with Crippen molar-refractivity contribution in [3.63, 3.8) is 0 Å². The van der Waals surface area contributed by atoms with Gasteiger partial charge in [0.25, 0.3) is 0 Å². The highest BCUT2D eigenvalue weighted by Crippen LogP contribution is 2.40. The van der Waals surface area contributed by atoms with Crippen molar-refractivity contribution in [1.82, 2.24) is 0 Å². The lowest BCUT2D eigenvalue weighted by atomic mass is 9.83. The Hall–Kier alpha value is -3.64. The lowest BCUT2D eigenvalue weighted by Crippen LogP contribution is -2.32. The topological polar surface area (TPSA) is 87.1 Å². The van der Waals surface area contributed by atoms with E-state index in [9.17, 15) is 19.8 Å². The molecule has 0 bridgehead atoms. The van der Waals surface area contributed by atoms with Gasteiger partial charge in [0, 0.05) is 24.2 Å². The van der Waals surface area contributed by atoms with E-state index in [1.807, 2.05) is 49.1 Å². The van der Waals surface area contributed by atoms with Crippen LogP contribution in [0.15, 0.2) is 60.7 Å². The van der Waals surface area contributed by atoms with E-state index in [4.69, 9.17) is 4.74 Å². The molecular weight excluding hydrogens is 454 g/mol. The van der Waals surface area contributed by atoms with Crippen LogP contribution in [0.3, 0.4) is 0 Å². The van der Waals surface area contributed by atoms with Gasteiger partial charge in [-0.2, -0.15) is 0 Å². The first-order valence-electron chi connectivity index (χ1n) is 12.3. The molecule has 0 aliphatic carbocycles. The quantitative estimate of drug-likeness (QED) is 0.376. The minimum absolute atomic E-state index is 0.0783. The Labute approximate surface area is 213 Å². The zero-order valence-corrected chi connectivity index (χ0v) is 21.7. The SMILES string of the molecule is CCC(=O)N(CC)c1ccc(-c2cc(-c3ccc(C(=O)O)cc3)ccc2OCCO)cc1C(C)(C)C. The van der Waals surface area contributed by atoms with Gasteiger partial charge < -0.3 is 19.8 Å². The van der Waals surface area contributed by atoms with E-state index in [0.29, 0.717) is 18.7 Å². The standard InChI is InChI=1S/C30H35NO5/c1-6-28(33)31(7-2)26-14-12-23(19-25(26)30(3,4)5)24-18-22(13-15-27(24)36-17-16-32)20-8-10-21(11-9-20)29(34)35/h8-15,18-19,32H,6-7,16-17H2,1-5H3,(H,34,35). The summed E-state index contributed by atoms with van der Waals surface area (Å²) in [5, 5.41) is 18.6. The molecule has 0 aliphatic rings. The van der Waals surface area contributed by atoms with Crippen LogP contribution < -0.4 is 9.64 Å². The van der Waals surface area contributed by atoms with Crippen molar-refractivity contribution in [3.05, 3.63) is 71.8 Å². The number of carbonyl (C=O) groups is 2. The Kier molecular flexibility index (Phi) is 8.53. The number of amides is 1. The van der Waals surface area contributed by atoms with Gasteiger partial charge in [-0.25, -0.2) is 4.79 Å². The molecule has 2 N–H and O–H groups in total. The van der Waals surface area contributed by atoms with Crippen molar-refractivity contribution in [2.24, 2.45) is 0 Å². The van der Waals surface area contributed by atoms with Gasteiger partial charge in [-0.05, 0) is 71.0 Å². The summed E-state index contributed by atoms with van der Waals surface area (Å²) in [6.07, 6.45) is 0.432. The van der Waals surface area contributed by atoms with Crippen LogP contribution >= 0.6 is 0 Å². The molecule has 3 aromatic carbocycles. The molecule has 0 saturated heterocycles. The molecule has 0 saturated carbocycles. The molecule has 0 heterocycles. The van der Waals surface area contributed by atoms with Crippen LogP contribution in [0.2, 0.25) is 0 Å². The third-order valence-electron chi connectivity index (χ3n) is 6.12. The Morgan fingerprint density at radius 1 is 0.889 bits per heavy atom. The number of carboxylic acids is 1. The van der Waals surface area contributed by atoms with Gasteiger partial charge in [0.1, 0.15) is 12.4 Å². The lowest BCUT2D eigenvalue weighted by molar-refractivity contribution is -0.118. The zero-order valence-electron chi connectivity index (χ0n) is 21.7. The van der Waals surface area contributed by atoms with Gasteiger partial charge in [-0.3, -0.25) is 4.79 Å². The van der Waals surface area contributed by atoms with Crippen LogP contribution in [0.25, 0.3) is 22.3 Å². The molecule has 0 aromatic heterocycles. The van der Waals surface area contributed by atoms with Gasteiger partial charge in [0.15, 0.2) is 0 Å². The summed E-state index contributed by atoms with van der Waals surface area (Å²) >= 11 is 0. The summed E-state index contributed by atoms with van der Waals surface area (Å²) in [5.41, 5.74) is 5.54. The highest BCUT2D eigenvalue weighted by atomic mass is 16.5. The minimum atomic E-state index is -0.965. The van der Waals surface area contributed by atoms with E-state index in [-0.39, 0.29) is 30.1 Å². The molecule has 0 aliphatic heterocycles. The monoisotopic (exact) mass is 489 g/mol. The number of carbonyl (C=O) groups excluding carboxylic acids is 1. The summed E-state index contributed by atoms with van der Waals surface area (Å²) in [6.45, 7) is 10.9. The van der Waals surface area contributed by atoms with Crippen molar-refractivity contribution in [2.75, 3.05) is 24.7 Å². The first-order chi connectivity index (χ1) is 17.1. The Morgan fingerprint density at radius 3 is 2.08 bits per heavy atom. The Balaban J connectivity index is 2.17. The molecule has 0 unspecified atom stereocenters. The summed E-state index contributed by atoms with van der Waals surface area (Å²) in [6, 6.07) is 18.7. The van der Waals surface area contributed by atoms with Gasteiger partial charge >= 0.3 is 5.97 Å². The number of carboxylic acid groups (broad SMARTS) is 1. The summed E-state index contributed by atoms with van der Waals surface area (Å²) < 4.78 is 5.87. The Morgan fingerprint density at radius 2 is 1.53 bits per heavy atom. The molecule has 6 nitrogen and oxygen atoms in total. The molecule has 0 spiro atoms. The van der Waals surface area contributed by atoms with Crippen LogP contribution in [0.4, 0.5) is 5.69 Å². The van der Waals surface area contributed by atoms with Crippen LogP contribution in [0, 0.1) is 0 Å². The average Bonchev–Trinajstić information content (AvgIpc) is 2.87. The second kappa shape index (κ2) is 11.4. The van der Waals surface area contributed by atoms with Crippen LogP contribution in [0.1, 0.15) is 57.0 Å². The molecule has 0 atom stereocenters. The van der Waals surface area contributed by atoms with Crippen molar-refractivity contribution >= 4 is 17.6 Å². The van der Waals surface area contributed by atoms with Crippen LogP contribution in [-0.2, 0) is 10.2 Å². The fourth-order valence-electron chi connectivity index (χ4n) is 4.23. The number of anilines is 1. The van der Waals surface area contributed by atoms with Gasteiger partial charge in [0.05, 0.1) is 12.2 Å². The molecule has 0 radical (unpaired) electrons. The normalized spacial score (nSPS) is 11.3. The second-order valence-electron chi connectivity index (χ2n) is 9.64. The molecule has 0 fully saturated rings. The van der Waals surface area contributed by atoms with Crippen molar-refractivity contribution in [1.29, 1.82) is 0 Å².